The third kappa shape index (κ3) is 4.70. The largest absolute Gasteiger partial charge is 0.449 e. The molecule has 0 spiro atoms. The number of ether oxygens (including phenoxy) is 1. The van der Waals surface area contributed by atoms with Crippen molar-refractivity contribution in [3.63, 3.8) is 0 Å². The molecule has 0 fully saturated rings. The predicted octanol–water partition coefficient (Wildman–Crippen LogP) is 2.01. The van der Waals surface area contributed by atoms with Crippen LogP contribution in [0.4, 0.5) is 4.79 Å². The van der Waals surface area contributed by atoms with Gasteiger partial charge in [0.05, 0.1) is 19.1 Å². The Bertz CT molecular complexity index is 221. The quantitative estimate of drug-likeness (QED) is 0.694. The molecule has 0 aromatic heterocycles. The van der Waals surface area contributed by atoms with E-state index in [4.69, 9.17) is 10.00 Å². The van der Waals surface area contributed by atoms with E-state index < -0.39 is 0 Å². The predicted molar refractivity (Wildman–Crippen MR) is 53.6 cm³/mol. The fraction of sp³-hybridized carbons (Fsp3) is 0.800. The third-order valence-corrected chi connectivity index (χ3v) is 1.88. The number of rotatable bonds is 4. The Morgan fingerprint density at radius 3 is 2.50 bits per heavy atom. The first-order chi connectivity index (χ1) is 6.49. The fourth-order valence-corrected chi connectivity index (χ4v) is 0.789. The molecule has 80 valence electrons. The lowest BCUT2D eigenvalue weighted by molar-refractivity contribution is 0.0900. The first-order valence-corrected chi connectivity index (χ1v) is 4.75. The van der Waals surface area contributed by atoms with Crippen LogP contribution in [0.1, 0.15) is 27.2 Å². The van der Waals surface area contributed by atoms with Gasteiger partial charge >= 0.3 is 6.09 Å². The standard InChI is InChI=1S/C10H18N2O2/c1-8(2)7-14-10(13)12(4)9(3)5-6-11/h8-9H,5,7H2,1-4H3. The van der Waals surface area contributed by atoms with Crippen molar-refractivity contribution in [1.29, 1.82) is 5.26 Å². The molecule has 1 atom stereocenters. The van der Waals surface area contributed by atoms with Gasteiger partial charge in [-0.25, -0.2) is 4.79 Å². The Morgan fingerprint density at radius 2 is 2.07 bits per heavy atom. The molecular formula is C10H18N2O2. The summed E-state index contributed by atoms with van der Waals surface area (Å²) in [7, 11) is 1.64. The highest BCUT2D eigenvalue weighted by Gasteiger charge is 2.16. The molecule has 0 saturated carbocycles. The Morgan fingerprint density at radius 1 is 1.50 bits per heavy atom. The summed E-state index contributed by atoms with van der Waals surface area (Å²) >= 11 is 0. The van der Waals surface area contributed by atoms with Crippen molar-refractivity contribution in [1.82, 2.24) is 4.90 Å². The van der Waals surface area contributed by atoms with Gasteiger partial charge in [0.1, 0.15) is 0 Å². The van der Waals surface area contributed by atoms with Gasteiger partial charge in [0.25, 0.3) is 0 Å². The maximum atomic E-state index is 11.4. The number of hydrogen-bond acceptors (Lipinski definition) is 3. The van der Waals surface area contributed by atoms with E-state index in [9.17, 15) is 4.79 Å². The molecule has 0 aliphatic heterocycles. The highest BCUT2D eigenvalue weighted by atomic mass is 16.6. The highest BCUT2D eigenvalue weighted by molar-refractivity contribution is 5.67. The van der Waals surface area contributed by atoms with Crippen molar-refractivity contribution < 1.29 is 9.53 Å². The van der Waals surface area contributed by atoms with Gasteiger partial charge in [-0.1, -0.05) is 13.8 Å². The van der Waals surface area contributed by atoms with Crippen LogP contribution in [0.3, 0.4) is 0 Å². The minimum atomic E-state index is -0.360. The van der Waals surface area contributed by atoms with Gasteiger partial charge in [-0.15, -0.1) is 0 Å². The zero-order chi connectivity index (χ0) is 11.1. The van der Waals surface area contributed by atoms with Crippen LogP contribution in [0.2, 0.25) is 0 Å². The second kappa shape index (κ2) is 6.25. The van der Waals surface area contributed by atoms with Crippen molar-refractivity contribution in [3.05, 3.63) is 0 Å². The van der Waals surface area contributed by atoms with Crippen LogP contribution < -0.4 is 0 Å². The van der Waals surface area contributed by atoms with Crippen LogP contribution in [-0.2, 0) is 4.74 Å². The van der Waals surface area contributed by atoms with E-state index in [1.165, 1.54) is 4.90 Å². The van der Waals surface area contributed by atoms with Crippen molar-refractivity contribution in [2.75, 3.05) is 13.7 Å². The zero-order valence-electron chi connectivity index (χ0n) is 9.28. The first-order valence-electron chi connectivity index (χ1n) is 4.75. The van der Waals surface area contributed by atoms with Crippen molar-refractivity contribution >= 4 is 6.09 Å². The van der Waals surface area contributed by atoms with E-state index in [0.717, 1.165) is 0 Å². The molecule has 1 amide bonds. The van der Waals surface area contributed by atoms with Crippen LogP contribution >= 0.6 is 0 Å². The monoisotopic (exact) mass is 198 g/mol. The van der Waals surface area contributed by atoms with E-state index >= 15 is 0 Å². The lowest BCUT2D eigenvalue weighted by Crippen LogP contribution is -2.35. The van der Waals surface area contributed by atoms with E-state index in [0.29, 0.717) is 18.9 Å². The summed E-state index contributed by atoms with van der Waals surface area (Å²) in [6.45, 7) is 6.19. The number of carbonyl (C=O) groups is 1. The molecular weight excluding hydrogens is 180 g/mol. The lowest BCUT2D eigenvalue weighted by Gasteiger charge is -2.22. The lowest BCUT2D eigenvalue weighted by atomic mass is 10.2. The minimum absolute atomic E-state index is 0.0975. The summed E-state index contributed by atoms with van der Waals surface area (Å²) in [5.74, 6) is 0.332. The first kappa shape index (κ1) is 12.8. The van der Waals surface area contributed by atoms with E-state index in [2.05, 4.69) is 0 Å². The molecule has 14 heavy (non-hydrogen) atoms. The van der Waals surface area contributed by atoms with Gasteiger partial charge in [0.15, 0.2) is 0 Å². The summed E-state index contributed by atoms with van der Waals surface area (Å²) in [5, 5.41) is 8.46. The zero-order valence-corrected chi connectivity index (χ0v) is 9.28. The van der Waals surface area contributed by atoms with Crippen molar-refractivity contribution in [2.24, 2.45) is 5.92 Å². The molecule has 1 unspecified atom stereocenters. The van der Waals surface area contributed by atoms with E-state index in [1.54, 1.807) is 7.05 Å². The highest BCUT2D eigenvalue weighted by Crippen LogP contribution is 2.03. The van der Waals surface area contributed by atoms with Gasteiger partial charge in [0, 0.05) is 13.1 Å². The summed E-state index contributed by atoms with van der Waals surface area (Å²) in [6.07, 6.45) is -0.0331. The Hall–Kier alpha value is -1.24. The second-order valence-corrected chi connectivity index (χ2v) is 3.79. The van der Waals surface area contributed by atoms with Crippen molar-refractivity contribution in [3.8, 4) is 6.07 Å². The molecule has 0 radical (unpaired) electrons. The van der Waals surface area contributed by atoms with Gasteiger partial charge in [-0.3, -0.25) is 0 Å². The molecule has 0 saturated heterocycles. The number of carbonyl (C=O) groups excluding carboxylic acids is 1. The molecule has 4 heteroatoms. The summed E-state index contributed by atoms with van der Waals surface area (Å²) in [5.41, 5.74) is 0. The number of amides is 1. The Balaban J connectivity index is 3.93. The Labute approximate surface area is 85.5 Å². The fourth-order valence-electron chi connectivity index (χ4n) is 0.789. The Kier molecular flexibility index (Phi) is 5.70. The van der Waals surface area contributed by atoms with Crippen molar-refractivity contribution in [2.45, 2.75) is 33.2 Å². The number of nitriles is 1. The number of nitrogens with zero attached hydrogens (tertiary/aromatic N) is 2. The maximum Gasteiger partial charge on any atom is 0.409 e. The van der Waals surface area contributed by atoms with Gasteiger partial charge < -0.3 is 9.64 Å². The molecule has 0 N–H and O–H groups in total. The van der Waals surface area contributed by atoms with Gasteiger partial charge in [-0.05, 0) is 12.8 Å². The molecule has 0 aromatic carbocycles. The second-order valence-electron chi connectivity index (χ2n) is 3.79. The summed E-state index contributed by atoms with van der Waals surface area (Å²) in [4.78, 5) is 12.8. The molecule has 0 heterocycles. The smallest absolute Gasteiger partial charge is 0.409 e. The van der Waals surface area contributed by atoms with Crippen LogP contribution in [0.5, 0.6) is 0 Å². The number of hydrogen-bond donors (Lipinski definition) is 0. The normalized spacial score (nSPS) is 12.0. The van der Waals surface area contributed by atoms with Crippen LogP contribution in [0.15, 0.2) is 0 Å². The summed E-state index contributed by atoms with van der Waals surface area (Å²) in [6, 6.07) is 1.92. The van der Waals surface area contributed by atoms with Crippen LogP contribution in [-0.4, -0.2) is 30.7 Å². The van der Waals surface area contributed by atoms with E-state index in [-0.39, 0.29) is 12.1 Å². The van der Waals surface area contributed by atoms with Crippen LogP contribution in [0.25, 0.3) is 0 Å². The molecule has 0 aliphatic rings. The molecule has 0 aliphatic carbocycles. The van der Waals surface area contributed by atoms with Gasteiger partial charge in [0.2, 0.25) is 0 Å². The average molecular weight is 198 g/mol. The molecule has 0 bridgehead atoms. The third-order valence-electron chi connectivity index (χ3n) is 1.88. The SMILES string of the molecule is CC(C)COC(=O)N(C)C(C)CC#N. The topological polar surface area (TPSA) is 53.3 Å². The molecule has 0 aromatic rings. The average Bonchev–Trinajstić information content (AvgIpc) is 2.13. The summed E-state index contributed by atoms with van der Waals surface area (Å²) < 4.78 is 5.01. The minimum Gasteiger partial charge on any atom is -0.449 e. The van der Waals surface area contributed by atoms with E-state index in [1.807, 2.05) is 26.8 Å². The van der Waals surface area contributed by atoms with Gasteiger partial charge in [-0.2, -0.15) is 5.26 Å². The maximum absolute atomic E-state index is 11.4. The van der Waals surface area contributed by atoms with Crippen LogP contribution in [0, 0.1) is 17.2 Å². The molecule has 4 nitrogen and oxygen atoms in total. The molecule has 0 rings (SSSR count).